The van der Waals surface area contributed by atoms with Crippen molar-refractivity contribution in [2.75, 3.05) is 0 Å². The maximum Gasteiger partial charge on any atom is 0.431 e. The van der Waals surface area contributed by atoms with Crippen LogP contribution in [-0.4, -0.2) is 17.4 Å². The molecule has 2 aliphatic rings. The molecule has 3 atom stereocenters. The van der Waals surface area contributed by atoms with Crippen molar-refractivity contribution in [3.63, 3.8) is 0 Å². The Bertz CT molecular complexity index is 290. The van der Waals surface area contributed by atoms with Gasteiger partial charge in [-0.1, -0.05) is 20.8 Å². The number of carbonyl (C=O) groups is 1. The van der Waals surface area contributed by atoms with Crippen LogP contribution in [0.3, 0.4) is 0 Å². The largest absolute Gasteiger partial charge is 0.444 e. The maximum absolute atomic E-state index is 11.0. The summed E-state index contributed by atoms with van der Waals surface area (Å²) in [6.07, 6.45) is 2.47. The van der Waals surface area contributed by atoms with E-state index in [1.807, 2.05) is 0 Å². The standard InChI is InChI=1S/C11H19NO3/c1-10(2)7-4-5-11(10,3)8(6-7)15-9(13)12-14/h7-8,14H,4-6H2,1-3H3,(H,12,13). The third-order valence-electron chi connectivity index (χ3n) is 5.05. The van der Waals surface area contributed by atoms with E-state index in [-0.39, 0.29) is 16.9 Å². The summed E-state index contributed by atoms with van der Waals surface area (Å²) in [5, 5.41) is 8.45. The first-order chi connectivity index (χ1) is 6.91. The van der Waals surface area contributed by atoms with Gasteiger partial charge in [-0.3, -0.25) is 5.21 Å². The van der Waals surface area contributed by atoms with E-state index in [0.717, 1.165) is 12.8 Å². The van der Waals surface area contributed by atoms with Crippen LogP contribution in [0.4, 0.5) is 4.79 Å². The van der Waals surface area contributed by atoms with Gasteiger partial charge in [0.05, 0.1) is 0 Å². The molecule has 2 rings (SSSR count). The Labute approximate surface area is 90.0 Å². The smallest absolute Gasteiger partial charge is 0.431 e. The molecule has 4 heteroatoms. The highest BCUT2D eigenvalue weighted by Crippen LogP contribution is 2.66. The molecular weight excluding hydrogens is 194 g/mol. The minimum atomic E-state index is -0.732. The van der Waals surface area contributed by atoms with Gasteiger partial charge in [0.25, 0.3) is 0 Å². The van der Waals surface area contributed by atoms with Crippen LogP contribution in [0.2, 0.25) is 0 Å². The number of hydroxylamine groups is 1. The maximum atomic E-state index is 11.0. The van der Waals surface area contributed by atoms with E-state index >= 15 is 0 Å². The second kappa shape index (κ2) is 3.11. The molecule has 0 saturated heterocycles. The fourth-order valence-corrected chi connectivity index (χ4v) is 3.46. The van der Waals surface area contributed by atoms with Gasteiger partial charge in [-0.05, 0) is 30.6 Å². The third kappa shape index (κ3) is 1.27. The molecule has 0 heterocycles. The Morgan fingerprint density at radius 1 is 1.47 bits per heavy atom. The van der Waals surface area contributed by atoms with Crippen LogP contribution in [0.15, 0.2) is 0 Å². The number of fused-ring (bicyclic) bond motifs is 2. The van der Waals surface area contributed by atoms with Gasteiger partial charge >= 0.3 is 6.09 Å². The van der Waals surface area contributed by atoms with E-state index in [1.165, 1.54) is 11.9 Å². The molecule has 2 aliphatic carbocycles. The predicted molar refractivity (Wildman–Crippen MR) is 54.4 cm³/mol. The number of amides is 1. The highest BCUT2D eigenvalue weighted by Gasteiger charge is 2.62. The van der Waals surface area contributed by atoms with Crippen LogP contribution in [0, 0.1) is 16.7 Å². The van der Waals surface area contributed by atoms with Crippen LogP contribution in [-0.2, 0) is 4.74 Å². The van der Waals surface area contributed by atoms with Crippen molar-refractivity contribution >= 4 is 6.09 Å². The lowest BCUT2D eigenvalue weighted by atomic mass is 9.70. The molecular formula is C11H19NO3. The number of hydrogen-bond donors (Lipinski definition) is 2. The third-order valence-corrected chi connectivity index (χ3v) is 5.05. The van der Waals surface area contributed by atoms with Crippen molar-refractivity contribution in [1.82, 2.24) is 5.48 Å². The summed E-state index contributed by atoms with van der Waals surface area (Å²) in [6.45, 7) is 6.70. The number of carbonyl (C=O) groups excluding carboxylic acids is 1. The van der Waals surface area contributed by atoms with Crippen molar-refractivity contribution in [3.8, 4) is 0 Å². The highest BCUT2D eigenvalue weighted by molar-refractivity contribution is 5.65. The molecule has 0 spiro atoms. The van der Waals surface area contributed by atoms with Crippen LogP contribution < -0.4 is 5.48 Å². The van der Waals surface area contributed by atoms with Crippen molar-refractivity contribution in [2.24, 2.45) is 16.7 Å². The number of ether oxygens (including phenoxy) is 1. The molecule has 4 nitrogen and oxygen atoms in total. The second-order valence-electron chi connectivity index (χ2n) is 5.62. The molecule has 0 radical (unpaired) electrons. The van der Waals surface area contributed by atoms with E-state index in [4.69, 9.17) is 9.94 Å². The van der Waals surface area contributed by atoms with Crippen molar-refractivity contribution in [3.05, 3.63) is 0 Å². The zero-order valence-electron chi connectivity index (χ0n) is 9.54. The van der Waals surface area contributed by atoms with Gasteiger partial charge in [0.1, 0.15) is 6.10 Å². The van der Waals surface area contributed by atoms with Crippen molar-refractivity contribution < 1.29 is 14.7 Å². The monoisotopic (exact) mass is 213 g/mol. The molecule has 15 heavy (non-hydrogen) atoms. The molecule has 3 unspecified atom stereocenters. The van der Waals surface area contributed by atoms with Gasteiger partial charge in [-0.2, -0.15) is 0 Å². The van der Waals surface area contributed by atoms with Crippen molar-refractivity contribution in [1.29, 1.82) is 0 Å². The fraction of sp³-hybridized carbons (Fsp3) is 0.909. The molecule has 0 aliphatic heterocycles. The molecule has 2 N–H and O–H groups in total. The van der Waals surface area contributed by atoms with E-state index in [1.54, 1.807) is 0 Å². The fourth-order valence-electron chi connectivity index (χ4n) is 3.46. The van der Waals surface area contributed by atoms with Gasteiger partial charge in [0.2, 0.25) is 0 Å². The molecule has 2 fully saturated rings. The zero-order chi connectivity index (χ0) is 11.3. The lowest BCUT2D eigenvalue weighted by molar-refractivity contribution is -0.0183. The van der Waals surface area contributed by atoms with Gasteiger partial charge in [0.15, 0.2) is 0 Å². The average molecular weight is 213 g/mol. The van der Waals surface area contributed by atoms with E-state index < -0.39 is 6.09 Å². The van der Waals surface area contributed by atoms with Crippen LogP contribution in [0.1, 0.15) is 40.0 Å². The Morgan fingerprint density at radius 2 is 2.13 bits per heavy atom. The Kier molecular flexibility index (Phi) is 2.23. The Hall–Kier alpha value is -0.770. The Morgan fingerprint density at radius 3 is 2.53 bits per heavy atom. The van der Waals surface area contributed by atoms with E-state index in [0.29, 0.717) is 5.92 Å². The van der Waals surface area contributed by atoms with Gasteiger partial charge in [-0.25, -0.2) is 10.3 Å². The first-order valence-electron chi connectivity index (χ1n) is 5.52. The minimum Gasteiger partial charge on any atom is -0.444 e. The molecule has 0 aromatic heterocycles. The molecule has 1 amide bonds. The topological polar surface area (TPSA) is 58.6 Å². The first-order valence-corrected chi connectivity index (χ1v) is 5.52. The number of rotatable bonds is 1. The van der Waals surface area contributed by atoms with Crippen LogP contribution in [0.25, 0.3) is 0 Å². The summed E-state index contributed by atoms with van der Waals surface area (Å²) < 4.78 is 5.23. The average Bonchev–Trinajstić information content (AvgIpc) is 2.50. The summed E-state index contributed by atoms with van der Waals surface area (Å²) in [6, 6.07) is 0. The zero-order valence-corrected chi connectivity index (χ0v) is 9.54. The lowest BCUT2D eigenvalue weighted by Gasteiger charge is -2.38. The van der Waals surface area contributed by atoms with Crippen LogP contribution in [0.5, 0.6) is 0 Å². The Balaban J connectivity index is 2.15. The molecule has 86 valence electrons. The molecule has 0 aromatic rings. The quantitative estimate of drug-likeness (QED) is 0.519. The van der Waals surface area contributed by atoms with E-state index in [2.05, 4.69) is 20.8 Å². The molecule has 2 saturated carbocycles. The lowest BCUT2D eigenvalue weighted by Crippen LogP contribution is -2.40. The van der Waals surface area contributed by atoms with Crippen LogP contribution >= 0.6 is 0 Å². The first kappa shape index (κ1) is 10.7. The molecule has 0 aromatic carbocycles. The van der Waals surface area contributed by atoms with Gasteiger partial charge in [-0.15, -0.1) is 0 Å². The number of nitrogens with one attached hydrogen (secondary N) is 1. The van der Waals surface area contributed by atoms with Gasteiger partial charge < -0.3 is 4.74 Å². The second-order valence-corrected chi connectivity index (χ2v) is 5.62. The minimum absolute atomic E-state index is 0.0570. The number of hydrogen-bond acceptors (Lipinski definition) is 3. The summed E-state index contributed by atoms with van der Waals surface area (Å²) >= 11 is 0. The van der Waals surface area contributed by atoms with Crippen molar-refractivity contribution in [2.45, 2.75) is 46.1 Å². The summed E-state index contributed by atoms with van der Waals surface area (Å²) in [5.74, 6) is 0.638. The summed E-state index contributed by atoms with van der Waals surface area (Å²) in [7, 11) is 0. The van der Waals surface area contributed by atoms with E-state index in [9.17, 15) is 4.79 Å². The predicted octanol–water partition coefficient (Wildman–Crippen LogP) is 2.32. The normalized spacial score (nSPS) is 41.6. The summed E-state index contributed by atoms with van der Waals surface area (Å²) in [5.41, 5.74) is 1.82. The van der Waals surface area contributed by atoms with Gasteiger partial charge in [0, 0.05) is 5.41 Å². The highest BCUT2D eigenvalue weighted by atomic mass is 16.6. The SMILES string of the molecule is CC1(C)C2CCC1(C)C(OC(=O)NO)C2. The summed E-state index contributed by atoms with van der Waals surface area (Å²) in [4.78, 5) is 11.0. The molecule has 2 bridgehead atoms.